The molecule has 26 nitrogen and oxygen atoms in total. The summed E-state index contributed by atoms with van der Waals surface area (Å²) in [6.07, 6.45) is 4.03. The molecule has 0 aliphatic carbocycles. The van der Waals surface area contributed by atoms with Gasteiger partial charge in [-0.1, -0.05) is 78.8 Å². The Morgan fingerprint density at radius 2 is 0.974 bits per heavy atom. The number of allylic oxidation sites excluding steroid dienone is 2. The third-order valence-electron chi connectivity index (χ3n) is 14.9. The summed E-state index contributed by atoms with van der Waals surface area (Å²) >= 11 is 13.4. The van der Waals surface area contributed by atoms with Gasteiger partial charge in [-0.3, -0.25) is 9.69 Å². The van der Waals surface area contributed by atoms with Crippen LogP contribution in [0, 0.1) is 11.8 Å². The first-order valence-corrected chi connectivity index (χ1v) is 41.2. The van der Waals surface area contributed by atoms with E-state index in [4.69, 9.17) is 38.7 Å². The monoisotopic (exact) mass is 1850 g/mol. The molecule has 1 N–H and O–H groups in total. The fourth-order valence-corrected chi connectivity index (χ4v) is 14.7. The van der Waals surface area contributed by atoms with E-state index in [0.29, 0.717) is 17.5 Å². The van der Waals surface area contributed by atoms with Crippen molar-refractivity contribution >= 4 is 191 Å². The molecule has 3 aliphatic heterocycles. The maximum absolute atomic E-state index is 12.8. The van der Waals surface area contributed by atoms with E-state index in [1.807, 2.05) is 67.2 Å². The summed E-state index contributed by atoms with van der Waals surface area (Å²) in [5, 5.41) is 15.6. The maximum atomic E-state index is 12.8. The van der Waals surface area contributed by atoms with Crippen LogP contribution in [0.25, 0.3) is 46.6 Å². The number of fused-ring (bicyclic) bond motifs is 4. The maximum Gasteiger partial charge on any atom is 1.00 e. The Morgan fingerprint density at radius 1 is 0.621 bits per heavy atom. The standard InChI is InChI=1S/C21H29N3O2S.C16H23BN2O2S.C12H18F3NO5S.C10H11BrN2S.C8H4BrNOS.C4H6O4.C2H7N.C2H4O2.2CH4.B.Na/c1-14-7-9-17(24(12-14)20(25)26-21(2,3)4)15-8-10-18-16(11-15)22-19(27-18)13-23(5)6;1-15(2)16(3,4)21-17(20-15)11-7-8-13-12(9-11)18-14(22-13)10-19(5)6;1-8-5-6-9(21-22(18,19)12(13,14)15)16(7-8)10(17)20-11(2,3)4;1-13(2)6-10-12-8-5-7(11)3-4-9(8)14-10;9-5-1-2-7-6(3-5)10-8(4-11)12-7;1-3(5)7-8-4(2)6;1-3-2;1-2(3)4;;;;/h8-11,14H,7,12-13H2,1-6H3;7-9H,10H2,1-6H3;6,8H,5,7H2,1-4H3;3-5H,6H2,1-2H3;1-4H;1-2H3;3H,1-2H3;1H3,(H,3,4);2*1H4;;/q;;;;;;;;;;;+1/p-1/t14-;;8-;;;;;;;;;/m0.0........./s1. The number of nitrogens with one attached hydrogen (secondary N) is 1. The number of aliphatic carboxylic acids is 1. The summed E-state index contributed by atoms with van der Waals surface area (Å²) < 4.78 is 93.1. The van der Waals surface area contributed by atoms with Gasteiger partial charge in [0.15, 0.2) is 11.3 Å². The zero-order chi connectivity index (χ0) is 84.8. The number of halogens is 5. The molecule has 8 aromatic rings. The molecule has 0 unspecified atom stereocenters. The molecule has 3 aliphatic rings. The zero-order valence-electron chi connectivity index (χ0n) is 68.9. The number of alkyl halides is 3. The topological polar surface area (TPSA) is 304 Å². The van der Waals surface area contributed by atoms with Crippen molar-refractivity contribution in [1.29, 1.82) is 0 Å². The molecule has 0 bridgehead atoms. The minimum absolute atomic E-state index is 0. The Balaban J connectivity index is 0.00000138. The number of carboxylic acids is 1. The van der Waals surface area contributed by atoms with Gasteiger partial charge in [-0.05, 0) is 229 Å². The number of amides is 2. The van der Waals surface area contributed by atoms with Gasteiger partial charge in [-0.25, -0.2) is 53.8 Å². The number of carbonyl (C=O) groups excluding carboxylic acids is 6. The van der Waals surface area contributed by atoms with Crippen molar-refractivity contribution in [2.45, 2.75) is 179 Å². The predicted molar refractivity (Wildman–Crippen MR) is 461 cm³/mol. The van der Waals surface area contributed by atoms with Gasteiger partial charge in [-0.2, -0.15) is 21.6 Å². The normalized spacial score (nSPS) is 15.3. The van der Waals surface area contributed by atoms with Gasteiger partial charge in [-0.15, -0.1) is 45.3 Å². The second-order valence-electron chi connectivity index (χ2n) is 29.5. The Hall–Kier alpha value is -6.07. The van der Waals surface area contributed by atoms with E-state index in [0.717, 1.165) is 127 Å². The van der Waals surface area contributed by atoms with Crippen molar-refractivity contribution in [2.24, 2.45) is 11.8 Å². The van der Waals surface area contributed by atoms with Crippen molar-refractivity contribution in [1.82, 2.24) is 49.8 Å². The Kier molecular flexibility index (Phi) is 46.4. The number of hydrogen-bond acceptors (Lipinski definition) is 28. The van der Waals surface area contributed by atoms with Crippen molar-refractivity contribution < 1.29 is 118 Å². The number of benzene rings is 4. The Labute approximate surface area is 738 Å². The van der Waals surface area contributed by atoms with Crippen LogP contribution < -0.4 is 45.4 Å². The number of carboxylic acid groups (broad SMARTS) is 1. The van der Waals surface area contributed by atoms with E-state index in [1.165, 1.54) is 30.4 Å². The smallest absolute Gasteiger partial charge is 0.550 e. The number of aromatic nitrogens is 4. The van der Waals surface area contributed by atoms with E-state index >= 15 is 0 Å². The Bertz CT molecular complexity index is 4650. The average Bonchev–Trinajstić information content (AvgIpc) is 1.59. The number of hydrogen-bond donors (Lipinski definition) is 1. The molecular weight excluding hydrogens is 1740 g/mol. The third-order valence-corrected chi connectivity index (χ3v) is 20.8. The quantitative estimate of drug-likeness (QED) is 0.0314. The van der Waals surface area contributed by atoms with Crippen LogP contribution in [0.15, 0.2) is 99.8 Å². The van der Waals surface area contributed by atoms with Crippen LogP contribution in [0.2, 0.25) is 0 Å². The number of rotatable bonds is 11. The van der Waals surface area contributed by atoms with Crippen molar-refractivity contribution in [3.05, 3.63) is 125 Å². The van der Waals surface area contributed by atoms with Gasteiger partial charge in [0, 0.05) is 75.5 Å². The van der Waals surface area contributed by atoms with Crippen LogP contribution in [0.4, 0.5) is 22.8 Å². The van der Waals surface area contributed by atoms with Crippen LogP contribution >= 0.6 is 77.2 Å². The number of aldehydes is 1. The molecule has 7 heterocycles. The molecule has 4 aromatic heterocycles. The van der Waals surface area contributed by atoms with Gasteiger partial charge in [0.2, 0.25) is 5.88 Å². The number of ether oxygens (including phenoxy) is 2. The summed E-state index contributed by atoms with van der Waals surface area (Å²) in [6.45, 7) is 29.2. The summed E-state index contributed by atoms with van der Waals surface area (Å²) in [6, 6.07) is 24.6. The summed E-state index contributed by atoms with van der Waals surface area (Å²) in [7, 11) is 9.90. The Morgan fingerprint density at radius 3 is 1.36 bits per heavy atom. The van der Waals surface area contributed by atoms with E-state index in [1.54, 1.807) is 66.6 Å². The molecule has 0 saturated carbocycles. The van der Waals surface area contributed by atoms with Gasteiger partial charge in [0.05, 0.1) is 57.8 Å². The van der Waals surface area contributed by atoms with E-state index in [2.05, 4.69) is 199 Å². The van der Waals surface area contributed by atoms with Crippen LogP contribution in [-0.2, 0) is 76.9 Å². The molecule has 2 atom stereocenters. The van der Waals surface area contributed by atoms with Crippen molar-refractivity contribution in [2.75, 3.05) is 69.5 Å². The second kappa shape index (κ2) is 49.0. The van der Waals surface area contributed by atoms with Gasteiger partial charge in [0.1, 0.15) is 26.2 Å². The zero-order valence-corrected chi connectivity index (χ0v) is 78.2. The van der Waals surface area contributed by atoms with Crippen LogP contribution in [0.5, 0.6) is 0 Å². The van der Waals surface area contributed by atoms with Gasteiger partial charge < -0.3 is 52.9 Å². The summed E-state index contributed by atoms with van der Waals surface area (Å²) in [5.74, 6) is -2.71. The van der Waals surface area contributed by atoms with E-state index in [9.17, 15) is 45.6 Å². The average molecular weight is 1850 g/mol. The van der Waals surface area contributed by atoms with E-state index in [-0.39, 0.29) is 96.1 Å². The fraction of sp³-hybridized carbons (Fsp3) is 0.506. The summed E-state index contributed by atoms with van der Waals surface area (Å²) in [5.41, 5.74) is -0.660. The molecule has 3 radical (unpaired) electrons. The van der Waals surface area contributed by atoms with Gasteiger partial charge in [0.25, 0.3) is 0 Å². The van der Waals surface area contributed by atoms with Crippen LogP contribution in [0.1, 0.15) is 162 Å². The molecule has 2 amide bonds. The van der Waals surface area contributed by atoms with Crippen LogP contribution in [0.3, 0.4) is 0 Å². The fourth-order valence-electron chi connectivity index (χ4n) is 9.58. The predicted octanol–water partition coefficient (Wildman–Crippen LogP) is 13.1. The SMILES string of the molecule is C.C.CC(=O)OOC(C)=O.CC(=O)[O-].CN(C)Cc1nc2cc(B3OC(C)(C)C(C)(C)O3)ccc2s1.CN(C)Cc1nc2cc(Br)ccc2s1.CNC.C[C@H]1CC=C(OS(=O)(=O)C(F)(F)F)N(C(=O)OC(C)(C)C)C1.C[C@H]1CC=C(c2ccc3sc(CN(C)C)nc3c2)N(C(=O)OC(C)(C)C)C1.O=Cc1nc2cc(Br)ccc2s1.[B].[Na+]. The van der Waals surface area contributed by atoms with Gasteiger partial charge >= 0.3 is 76.4 Å². The molecule has 1 fully saturated rings. The first-order chi connectivity index (χ1) is 51.7. The van der Waals surface area contributed by atoms with Crippen LogP contribution in [-0.4, -0.2) is 202 Å². The van der Waals surface area contributed by atoms with Crippen molar-refractivity contribution in [3.8, 4) is 0 Å². The number of thiazole rings is 4. The molecule has 39 heteroatoms. The second-order valence-corrected chi connectivity index (χ2v) is 37.3. The molecule has 4 aromatic carbocycles. The third kappa shape index (κ3) is 37.3. The first kappa shape index (κ1) is 110. The molecule has 116 heavy (non-hydrogen) atoms. The molecule has 0 spiro atoms. The van der Waals surface area contributed by atoms with Crippen molar-refractivity contribution in [3.63, 3.8) is 0 Å². The minimum Gasteiger partial charge on any atom is -0.550 e. The molecular formula is C77H109B2Br2F3N10NaO16S5. The number of nitrogens with zero attached hydrogens (tertiary/aromatic N) is 9. The molecule has 635 valence electrons. The summed E-state index contributed by atoms with van der Waals surface area (Å²) in [4.78, 5) is 98.5. The minimum atomic E-state index is -5.84. The molecule has 11 rings (SSSR count). The van der Waals surface area contributed by atoms with E-state index < -0.39 is 56.7 Å². The molecule has 1 saturated heterocycles. The number of carbonyl (C=O) groups is 6. The largest absolute Gasteiger partial charge is 1.00 e. The first-order valence-electron chi connectivity index (χ1n) is 34.9.